The number of amides is 1. The fourth-order valence-corrected chi connectivity index (χ4v) is 3.17. The van der Waals surface area contributed by atoms with Gasteiger partial charge in [0.15, 0.2) is 0 Å². The van der Waals surface area contributed by atoms with Crippen LogP contribution in [0.3, 0.4) is 0 Å². The molecule has 3 nitrogen and oxygen atoms in total. The molecule has 0 aliphatic heterocycles. The summed E-state index contributed by atoms with van der Waals surface area (Å²) in [4.78, 5) is 14.7. The number of benzene rings is 2. The lowest BCUT2D eigenvalue weighted by atomic mass is 10.1. The summed E-state index contributed by atoms with van der Waals surface area (Å²) in [5.74, 6) is 0.825. The first-order valence-electron chi connectivity index (χ1n) is 6.77. The van der Waals surface area contributed by atoms with Gasteiger partial charge in [-0.15, -0.1) is 11.8 Å². The van der Waals surface area contributed by atoms with Crippen molar-refractivity contribution in [2.75, 3.05) is 19.8 Å². The van der Waals surface area contributed by atoms with Crippen molar-refractivity contribution in [3.63, 3.8) is 0 Å². The van der Waals surface area contributed by atoms with Crippen molar-refractivity contribution < 1.29 is 4.79 Å². The third kappa shape index (κ3) is 3.79. The Morgan fingerprint density at radius 1 is 1.19 bits per heavy atom. The van der Waals surface area contributed by atoms with Gasteiger partial charge in [-0.25, -0.2) is 0 Å². The van der Waals surface area contributed by atoms with Crippen LogP contribution in [0.15, 0.2) is 47.4 Å². The maximum atomic E-state index is 12.2. The Morgan fingerprint density at radius 2 is 1.90 bits per heavy atom. The normalized spacial score (nSPS) is 10.4. The fraction of sp³-hybridized carbons (Fsp3) is 0.235. The molecule has 0 fully saturated rings. The Hall–Kier alpha value is -1.94. The van der Waals surface area contributed by atoms with E-state index in [9.17, 15) is 4.79 Å². The summed E-state index contributed by atoms with van der Waals surface area (Å²) in [5.41, 5.74) is 9.77. The second-order valence-electron chi connectivity index (χ2n) is 5.17. The maximum Gasteiger partial charge on any atom is 0.254 e. The number of anilines is 1. The minimum absolute atomic E-state index is 0.00211. The van der Waals surface area contributed by atoms with E-state index in [1.165, 1.54) is 11.1 Å². The van der Waals surface area contributed by atoms with Crippen molar-refractivity contribution in [1.82, 2.24) is 4.90 Å². The molecule has 2 aromatic rings. The van der Waals surface area contributed by atoms with Crippen molar-refractivity contribution in [2.45, 2.75) is 17.6 Å². The number of nitrogens with zero attached hydrogens (tertiary/aromatic N) is 1. The molecule has 0 spiro atoms. The third-order valence-corrected chi connectivity index (χ3v) is 4.39. The molecule has 4 heteroatoms. The lowest BCUT2D eigenvalue weighted by Gasteiger charge is -2.15. The zero-order chi connectivity index (χ0) is 15.4. The van der Waals surface area contributed by atoms with E-state index in [1.54, 1.807) is 42.9 Å². The van der Waals surface area contributed by atoms with Crippen molar-refractivity contribution in [3.05, 3.63) is 59.2 Å². The minimum Gasteiger partial charge on any atom is -0.399 e. The van der Waals surface area contributed by atoms with Crippen LogP contribution in [0.4, 0.5) is 5.69 Å². The van der Waals surface area contributed by atoms with Crippen molar-refractivity contribution >= 4 is 23.4 Å². The third-order valence-electron chi connectivity index (χ3n) is 3.29. The Balaban J connectivity index is 2.25. The van der Waals surface area contributed by atoms with Crippen LogP contribution in [0.5, 0.6) is 0 Å². The van der Waals surface area contributed by atoms with Crippen LogP contribution in [-0.2, 0) is 5.75 Å². The summed E-state index contributed by atoms with van der Waals surface area (Å²) in [6.07, 6.45) is 0. The van der Waals surface area contributed by atoms with E-state index in [-0.39, 0.29) is 5.91 Å². The van der Waals surface area contributed by atoms with Gasteiger partial charge in [-0.05, 0) is 36.2 Å². The van der Waals surface area contributed by atoms with Crippen LogP contribution in [-0.4, -0.2) is 24.9 Å². The molecular weight excluding hydrogens is 280 g/mol. The summed E-state index contributed by atoms with van der Waals surface area (Å²) in [6, 6.07) is 13.7. The number of nitrogen functional groups attached to an aromatic ring is 1. The zero-order valence-corrected chi connectivity index (χ0v) is 13.4. The van der Waals surface area contributed by atoms with E-state index in [2.05, 4.69) is 19.1 Å². The molecule has 0 aliphatic carbocycles. The Labute approximate surface area is 130 Å². The van der Waals surface area contributed by atoms with Crippen molar-refractivity contribution in [2.24, 2.45) is 0 Å². The SMILES string of the molecule is Cc1ccccc1CSc1cc(N)ccc1C(=O)N(C)C. The molecular formula is C17H20N2OS. The number of carbonyl (C=O) groups excluding carboxylic acids is 1. The second-order valence-corrected chi connectivity index (χ2v) is 6.19. The Bertz CT molecular complexity index is 653. The van der Waals surface area contributed by atoms with E-state index < -0.39 is 0 Å². The summed E-state index contributed by atoms with van der Waals surface area (Å²) >= 11 is 1.65. The van der Waals surface area contributed by atoms with E-state index in [1.807, 2.05) is 18.2 Å². The average molecular weight is 300 g/mol. The first-order valence-corrected chi connectivity index (χ1v) is 7.76. The molecule has 110 valence electrons. The number of hydrogen-bond acceptors (Lipinski definition) is 3. The predicted molar refractivity (Wildman–Crippen MR) is 89.6 cm³/mol. The molecule has 0 unspecified atom stereocenters. The molecule has 0 heterocycles. The van der Waals surface area contributed by atoms with Gasteiger partial charge in [0.05, 0.1) is 5.56 Å². The molecule has 21 heavy (non-hydrogen) atoms. The van der Waals surface area contributed by atoms with Gasteiger partial charge in [-0.3, -0.25) is 4.79 Å². The predicted octanol–water partition coefficient (Wildman–Crippen LogP) is 3.57. The summed E-state index contributed by atoms with van der Waals surface area (Å²) < 4.78 is 0. The highest BCUT2D eigenvalue weighted by Crippen LogP contribution is 2.29. The highest BCUT2D eigenvalue weighted by Gasteiger charge is 2.14. The fourth-order valence-electron chi connectivity index (χ4n) is 2.00. The molecule has 0 radical (unpaired) electrons. The largest absolute Gasteiger partial charge is 0.399 e. The summed E-state index contributed by atoms with van der Waals surface area (Å²) in [5, 5.41) is 0. The summed E-state index contributed by atoms with van der Waals surface area (Å²) in [6.45, 7) is 2.10. The second kappa shape index (κ2) is 6.68. The molecule has 2 N–H and O–H groups in total. The number of nitrogens with two attached hydrogens (primary N) is 1. The summed E-state index contributed by atoms with van der Waals surface area (Å²) in [7, 11) is 3.52. The van der Waals surface area contributed by atoms with Crippen LogP contribution < -0.4 is 5.73 Å². The minimum atomic E-state index is 0.00211. The zero-order valence-electron chi connectivity index (χ0n) is 12.6. The van der Waals surface area contributed by atoms with Gasteiger partial charge in [0.1, 0.15) is 0 Å². The van der Waals surface area contributed by atoms with Gasteiger partial charge in [0.25, 0.3) is 5.91 Å². The first-order chi connectivity index (χ1) is 9.99. The lowest BCUT2D eigenvalue weighted by molar-refractivity contribution is 0.0824. The topological polar surface area (TPSA) is 46.3 Å². The van der Waals surface area contributed by atoms with E-state index in [0.29, 0.717) is 11.3 Å². The van der Waals surface area contributed by atoms with Gasteiger partial charge >= 0.3 is 0 Å². The average Bonchev–Trinajstić information content (AvgIpc) is 2.46. The highest BCUT2D eigenvalue weighted by molar-refractivity contribution is 7.98. The Kier molecular flexibility index (Phi) is 4.91. The molecule has 2 aromatic carbocycles. The van der Waals surface area contributed by atoms with Crippen LogP contribution in [0.2, 0.25) is 0 Å². The van der Waals surface area contributed by atoms with E-state index >= 15 is 0 Å². The van der Waals surface area contributed by atoms with Gasteiger partial charge in [-0.2, -0.15) is 0 Å². The van der Waals surface area contributed by atoms with Gasteiger partial charge in [0, 0.05) is 30.4 Å². The van der Waals surface area contributed by atoms with Crippen molar-refractivity contribution in [3.8, 4) is 0 Å². The molecule has 1 amide bonds. The maximum absolute atomic E-state index is 12.2. The monoisotopic (exact) mass is 300 g/mol. The molecule has 0 aliphatic rings. The lowest BCUT2D eigenvalue weighted by Crippen LogP contribution is -2.22. The molecule has 0 bridgehead atoms. The highest BCUT2D eigenvalue weighted by atomic mass is 32.2. The van der Waals surface area contributed by atoms with Crippen LogP contribution in [0.25, 0.3) is 0 Å². The molecule has 2 rings (SSSR count). The van der Waals surface area contributed by atoms with Gasteiger partial charge in [-0.1, -0.05) is 24.3 Å². The van der Waals surface area contributed by atoms with Crippen molar-refractivity contribution in [1.29, 1.82) is 0 Å². The van der Waals surface area contributed by atoms with Crippen LogP contribution >= 0.6 is 11.8 Å². The first kappa shape index (κ1) is 15.4. The Morgan fingerprint density at radius 3 is 2.57 bits per heavy atom. The number of hydrogen-bond donors (Lipinski definition) is 1. The van der Waals surface area contributed by atoms with Crippen LogP contribution in [0, 0.1) is 6.92 Å². The number of thioether (sulfide) groups is 1. The molecule has 0 aromatic heterocycles. The van der Waals surface area contributed by atoms with Gasteiger partial charge in [0.2, 0.25) is 0 Å². The number of aryl methyl sites for hydroxylation is 1. The number of rotatable bonds is 4. The van der Waals surface area contributed by atoms with Crippen LogP contribution in [0.1, 0.15) is 21.5 Å². The molecule has 0 saturated carbocycles. The number of carbonyl (C=O) groups is 1. The molecule has 0 atom stereocenters. The van der Waals surface area contributed by atoms with Gasteiger partial charge < -0.3 is 10.6 Å². The van der Waals surface area contributed by atoms with E-state index in [0.717, 1.165) is 10.6 Å². The smallest absolute Gasteiger partial charge is 0.254 e. The quantitative estimate of drug-likeness (QED) is 0.693. The molecule has 0 saturated heterocycles. The standard InChI is InChI=1S/C17H20N2OS/c1-12-6-4-5-7-13(12)11-21-16-10-14(18)8-9-15(16)17(20)19(2)3/h4-10H,11,18H2,1-3H3. The van der Waals surface area contributed by atoms with E-state index in [4.69, 9.17) is 5.73 Å².